The van der Waals surface area contributed by atoms with Gasteiger partial charge < -0.3 is 9.47 Å². The summed E-state index contributed by atoms with van der Waals surface area (Å²) >= 11 is 0. The molecule has 0 spiro atoms. The number of rotatable bonds is 7. The van der Waals surface area contributed by atoms with Crippen molar-refractivity contribution in [3.63, 3.8) is 0 Å². The van der Waals surface area contributed by atoms with E-state index in [0.717, 1.165) is 0 Å². The van der Waals surface area contributed by atoms with E-state index in [9.17, 15) is 9.59 Å². The van der Waals surface area contributed by atoms with Crippen molar-refractivity contribution in [2.24, 2.45) is 10.8 Å². The van der Waals surface area contributed by atoms with Gasteiger partial charge in [-0.25, -0.2) is 0 Å². The Hall–Kier alpha value is -0.626. The highest BCUT2D eigenvalue weighted by Crippen LogP contribution is 2.43. The van der Waals surface area contributed by atoms with Crippen LogP contribution >= 0.6 is 0 Å². The highest BCUT2D eigenvalue weighted by molar-refractivity contribution is 6.87. The highest BCUT2D eigenvalue weighted by Gasteiger charge is 2.50. The molecule has 0 heterocycles. The lowest BCUT2D eigenvalue weighted by Crippen LogP contribution is -2.49. The fourth-order valence-corrected chi connectivity index (χ4v) is 9.59. The number of ether oxygens (including phenoxy) is 2. The normalized spacial score (nSPS) is 16.0. The Labute approximate surface area is 163 Å². The molecule has 6 heteroatoms. The molecule has 154 valence electrons. The van der Waals surface area contributed by atoms with Gasteiger partial charge in [0.1, 0.15) is 0 Å². The van der Waals surface area contributed by atoms with Crippen molar-refractivity contribution >= 4 is 28.1 Å². The quantitative estimate of drug-likeness (QED) is 0.412. The minimum absolute atomic E-state index is 0.0962. The number of carbonyl (C=O) groups is 2. The van der Waals surface area contributed by atoms with Crippen LogP contribution in [0, 0.1) is 10.8 Å². The van der Waals surface area contributed by atoms with Gasteiger partial charge in [-0.1, -0.05) is 80.8 Å². The predicted octanol–water partition coefficient (Wildman–Crippen LogP) is 5.58. The van der Waals surface area contributed by atoms with E-state index < -0.39 is 16.1 Å². The molecule has 0 radical (unpaired) electrons. The maximum atomic E-state index is 13.1. The second kappa shape index (κ2) is 8.59. The van der Waals surface area contributed by atoms with Crippen LogP contribution in [0.5, 0.6) is 0 Å². The van der Waals surface area contributed by atoms with Gasteiger partial charge in [0, 0.05) is 0 Å². The van der Waals surface area contributed by atoms with Crippen molar-refractivity contribution < 1.29 is 19.1 Å². The van der Waals surface area contributed by atoms with E-state index in [0.29, 0.717) is 13.2 Å². The van der Waals surface area contributed by atoms with E-state index >= 15 is 0 Å². The molecule has 0 fully saturated rings. The summed E-state index contributed by atoms with van der Waals surface area (Å²) in [5.41, 5.74) is -0.935. The van der Waals surface area contributed by atoms with Crippen LogP contribution in [0.15, 0.2) is 0 Å². The summed E-state index contributed by atoms with van der Waals surface area (Å²) in [4.78, 5) is 26.1. The van der Waals surface area contributed by atoms with Crippen LogP contribution in [0.3, 0.4) is 0 Å². The minimum atomic E-state index is -2.00. The molecule has 26 heavy (non-hydrogen) atoms. The molecule has 0 aliphatic heterocycles. The summed E-state index contributed by atoms with van der Waals surface area (Å²) in [6.45, 7) is 25.8. The second-order valence-corrected chi connectivity index (χ2v) is 22.7. The van der Waals surface area contributed by atoms with Crippen molar-refractivity contribution in [2.75, 3.05) is 13.2 Å². The van der Waals surface area contributed by atoms with E-state index in [1.807, 2.05) is 41.5 Å². The molecule has 2 atom stereocenters. The Morgan fingerprint density at radius 2 is 0.885 bits per heavy atom. The molecule has 2 unspecified atom stereocenters. The largest absolute Gasteiger partial charge is 0.465 e. The summed E-state index contributed by atoms with van der Waals surface area (Å²) in [5.74, 6) is -0.446. The first-order chi connectivity index (χ1) is 11.3. The van der Waals surface area contributed by atoms with Gasteiger partial charge in [0.2, 0.25) is 0 Å². The summed E-state index contributed by atoms with van der Waals surface area (Å²) in [7, 11) is -3.99. The van der Waals surface area contributed by atoms with E-state index in [4.69, 9.17) is 9.47 Å². The highest BCUT2D eigenvalue weighted by atomic mass is 28.3. The molecule has 0 aliphatic rings. The van der Waals surface area contributed by atoms with Gasteiger partial charge >= 0.3 is 11.9 Å². The van der Waals surface area contributed by atoms with E-state index in [2.05, 4.69) is 39.3 Å². The lowest BCUT2D eigenvalue weighted by atomic mass is 9.98. The molecule has 0 saturated carbocycles. The van der Waals surface area contributed by atoms with Gasteiger partial charge in [-0.3, -0.25) is 9.59 Å². The van der Waals surface area contributed by atoms with Gasteiger partial charge in [0.15, 0.2) is 0 Å². The Kier molecular flexibility index (Phi) is 8.38. The number of hydrogen-bond donors (Lipinski definition) is 0. The number of esters is 2. The van der Waals surface area contributed by atoms with Crippen LogP contribution in [0.1, 0.15) is 41.5 Å². The van der Waals surface area contributed by atoms with Crippen molar-refractivity contribution in [3.05, 3.63) is 0 Å². The first kappa shape index (κ1) is 25.4. The van der Waals surface area contributed by atoms with E-state index in [1.54, 1.807) is 0 Å². The van der Waals surface area contributed by atoms with Crippen molar-refractivity contribution in [2.45, 2.75) is 91.9 Å². The van der Waals surface area contributed by atoms with Crippen molar-refractivity contribution in [1.82, 2.24) is 0 Å². The average molecular weight is 403 g/mol. The lowest BCUT2D eigenvalue weighted by molar-refractivity contribution is -0.153. The molecule has 0 N–H and O–H groups in total. The minimum Gasteiger partial charge on any atom is -0.465 e. The van der Waals surface area contributed by atoms with Crippen LogP contribution in [-0.2, 0) is 19.1 Å². The van der Waals surface area contributed by atoms with Crippen LogP contribution in [0.2, 0.25) is 50.4 Å². The molecule has 0 saturated heterocycles. The van der Waals surface area contributed by atoms with E-state index in [-0.39, 0.29) is 33.9 Å². The maximum absolute atomic E-state index is 13.1. The summed E-state index contributed by atoms with van der Waals surface area (Å²) in [5, 5.41) is 0. The third kappa shape index (κ3) is 9.35. The SMILES string of the molecule is CC(C)(C)COC(=O)C(C(C(=O)OCC(C)(C)C)[Si](C)(C)C)[Si](C)(C)C. The van der Waals surface area contributed by atoms with Crippen LogP contribution < -0.4 is 0 Å². The molecular formula is C20H42O4Si2. The molecule has 0 bridgehead atoms. The molecule has 4 nitrogen and oxygen atoms in total. The zero-order valence-corrected chi connectivity index (χ0v) is 21.2. The Balaban J connectivity index is 5.72. The van der Waals surface area contributed by atoms with Gasteiger partial charge in [0.25, 0.3) is 0 Å². The molecule has 0 rings (SSSR count). The van der Waals surface area contributed by atoms with E-state index in [1.165, 1.54) is 0 Å². The van der Waals surface area contributed by atoms with Crippen molar-refractivity contribution in [1.29, 1.82) is 0 Å². The molecule has 0 aliphatic carbocycles. The molecule has 0 aromatic rings. The zero-order chi connectivity index (χ0) is 21.1. The molecule has 0 aromatic heterocycles. The Morgan fingerprint density at radius 1 is 0.654 bits per heavy atom. The van der Waals surface area contributed by atoms with Crippen molar-refractivity contribution in [3.8, 4) is 0 Å². The Morgan fingerprint density at radius 3 is 1.04 bits per heavy atom. The van der Waals surface area contributed by atoms with Gasteiger partial charge in [-0.05, 0) is 10.8 Å². The topological polar surface area (TPSA) is 52.6 Å². The lowest BCUT2D eigenvalue weighted by Gasteiger charge is -2.39. The number of hydrogen-bond acceptors (Lipinski definition) is 4. The predicted molar refractivity (Wildman–Crippen MR) is 115 cm³/mol. The molecule has 0 aromatic carbocycles. The monoisotopic (exact) mass is 402 g/mol. The smallest absolute Gasteiger partial charge is 0.306 e. The fourth-order valence-electron chi connectivity index (χ4n) is 2.73. The average Bonchev–Trinajstić information content (AvgIpc) is 2.34. The van der Waals surface area contributed by atoms with Crippen LogP contribution in [0.25, 0.3) is 0 Å². The van der Waals surface area contributed by atoms with Gasteiger partial charge in [0.05, 0.1) is 40.4 Å². The van der Waals surface area contributed by atoms with Crippen LogP contribution in [0.4, 0.5) is 0 Å². The first-order valence-electron chi connectivity index (χ1n) is 9.59. The summed E-state index contributed by atoms with van der Waals surface area (Å²) in [6, 6.07) is 0. The Bertz CT molecular complexity index is 442. The summed E-state index contributed by atoms with van der Waals surface area (Å²) < 4.78 is 11.4. The summed E-state index contributed by atoms with van der Waals surface area (Å²) in [6.07, 6.45) is 0. The third-order valence-electron chi connectivity index (χ3n) is 4.00. The zero-order valence-electron chi connectivity index (χ0n) is 19.2. The first-order valence-corrected chi connectivity index (χ1v) is 16.7. The third-order valence-corrected chi connectivity index (χ3v) is 9.21. The fraction of sp³-hybridized carbons (Fsp3) is 0.900. The number of carbonyl (C=O) groups excluding carboxylic acids is 2. The maximum Gasteiger partial charge on any atom is 0.306 e. The second-order valence-electron chi connectivity index (χ2n) is 12.0. The van der Waals surface area contributed by atoms with Crippen LogP contribution in [-0.4, -0.2) is 41.3 Å². The molecular weight excluding hydrogens is 360 g/mol. The van der Waals surface area contributed by atoms with Gasteiger partial charge in [-0.15, -0.1) is 0 Å². The van der Waals surface area contributed by atoms with Gasteiger partial charge in [-0.2, -0.15) is 0 Å². The molecule has 0 amide bonds. The standard InChI is InChI=1S/C20H42O4Si2/c1-19(2,3)13-23-17(21)15(25(7,8)9)16(26(10,11)12)18(22)24-14-20(4,5)6/h15-16H,13-14H2,1-12H3.